The van der Waals surface area contributed by atoms with E-state index in [0.29, 0.717) is 19.0 Å². The lowest BCUT2D eigenvalue weighted by Crippen LogP contribution is -2.33. The molecule has 0 radical (unpaired) electrons. The second-order valence-corrected chi connectivity index (χ2v) is 5.29. The molecule has 0 aromatic carbocycles. The first kappa shape index (κ1) is 15.2. The maximum Gasteiger partial charge on any atom is 0.329 e. The molecule has 1 fully saturated rings. The van der Waals surface area contributed by atoms with Gasteiger partial charge in [-0.25, -0.2) is 4.98 Å². The van der Waals surface area contributed by atoms with Crippen molar-refractivity contribution in [1.82, 2.24) is 9.97 Å². The van der Waals surface area contributed by atoms with Gasteiger partial charge in [-0.2, -0.15) is 4.98 Å². The van der Waals surface area contributed by atoms with Crippen molar-refractivity contribution in [1.29, 1.82) is 0 Å². The van der Waals surface area contributed by atoms with E-state index in [9.17, 15) is 10.1 Å². The van der Waals surface area contributed by atoms with Crippen molar-refractivity contribution in [3.63, 3.8) is 0 Å². The van der Waals surface area contributed by atoms with Gasteiger partial charge in [-0.1, -0.05) is 0 Å². The largest absolute Gasteiger partial charge is 0.467 e. The van der Waals surface area contributed by atoms with E-state index in [2.05, 4.69) is 9.97 Å². The lowest BCUT2D eigenvalue weighted by molar-refractivity contribution is -0.384. The summed E-state index contributed by atoms with van der Waals surface area (Å²) in [5.74, 6) is 0.903. The van der Waals surface area contributed by atoms with Crippen LogP contribution in [0.2, 0.25) is 0 Å². The van der Waals surface area contributed by atoms with E-state index >= 15 is 0 Å². The average Bonchev–Trinajstić information content (AvgIpc) is 3.19. The molecular weight excluding hydrogens is 302 g/mol. The highest BCUT2D eigenvalue weighted by molar-refractivity contribution is 5.53. The summed E-state index contributed by atoms with van der Waals surface area (Å²) < 4.78 is 11.0. The molecule has 23 heavy (non-hydrogen) atoms. The summed E-state index contributed by atoms with van der Waals surface area (Å²) in [6.07, 6.45) is 4.76. The van der Waals surface area contributed by atoms with Crippen molar-refractivity contribution in [2.45, 2.75) is 25.5 Å². The van der Waals surface area contributed by atoms with Gasteiger partial charge in [0.1, 0.15) is 12.0 Å². The molecule has 0 spiro atoms. The van der Waals surface area contributed by atoms with Crippen LogP contribution < -0.4 is 10.6 Å². The fraction of sp³-hybridized carbons (Fsp3) is 0.429. The van der Waals surface area contributed by atoms with Gasteiger partial charge in [0, 0.05) is 13.2 Å². The lowest BCUT2D eigenvalue weighted by Gasteiger charge is -2.24. The topological polar surface area (TPSA) is 121 Å². The Morgan fingerprint density at radius 2 is 2.39 bits per heavy atom. The van der Waals surface area contributed by atoms with Crippen LogP contribution in [0.4, 0.5) is 17.5 Å². The van der Waals surface area contributed by atoms with E-state index in [-0.39, 0.29) is 17.6 Å². The number of nitrogens with zero attached hydrogens (tertiary/aromatic N) is 4. The Bertz CT molecular complexity index is 670. The van der Waals surface area contributed by atoms with Crippen LogP contribution in [-0.4, -0.2) is 34.1 Å². The molecular formula is C14H17N5O4. The molecule has 9 heteroatoms. The normalized spacial score (nSPS) is 17.3. The number of hydrogen-bond acceptors (Lipinski definition) is 8. The third-order valence-electron chi connectivity index (χ3n) is 3.64. The van der Waals surface area contributed by atoms with Gasteiger partial charge in [0.2, 0.25) is 11.8 Å². The number of aromatic nitrogens is 2. The highest BCUT2D eigenvalue weighted by Gasteiger charge is 2.23. The van der Waals surface area contributed by atoms with Crippen molar-refractivity contribution >= 4 is 17.5 Å². The van der Waals surface area contributed by atoms with Crippen molar-refractivity contribution in [3.8, 4) is 0 Å². The molecule has 2 aromatic heterocycles. The first-order valence-corrected chi connectivity index (χ1v) is 7.29. The van der Waals surface area contributed by atoms with Crippen LogP contribution in [0.3, 0.4) is 0 Å². The predicted molar refractivity (Wildman–Crippen MR) is 81.8 cm³/mol. The van der Waals surface area contributed by atoms with Crippen LogP contribution in [-0.2, 0) is 11.3 Å². The Labute approximate surface area is 132 Å². The third kappa shape index (κ3) is 3.57. The lowest BCUT2D eigenvalue weighted by atomic mass is 10.2. The quantitative estimate of drug-likeness (QED) is 0.631. The first-order valence-electron chi connectivity index (χ1n) is 7.29. The van der Waals surface area contributed by atoms with Gasteiger partial charge in [-0.15, -0.1) is 0 Å². The fourth-order valence-corrected chi connectivity index (χ4v) is 2.51. The molecule has 3 heterocycles. The minimum absolute atomic E-state index is 0.0741. The Morgan fingerprint density at radius 3 is 3.00 bits per heavy atom. The number of anilines is 2. The fourth-order valence-electron chi connectivity index (χ4n) is 2.51. The third-order valence-corrected chi connectivity index (χ3v) is 3.64. The Morgan fingerprint density at radius 1 is 1.52 bits per heavy atom. The van der Waals surface area contributed by atoms with Crippen molar-refractivity contribution < 1.29 is 14.1 Å². The number of nitro groups is 1. The molecule has 122 valence electrons. The zero-order valence-electron chi connectivity index (χ0n) is 12.4. The van der Waals surface area contributed by atoms with E-state index < -0.39 is 4.92 Å². The minimum atomic E-state index is -0.601. The summed E-state index contributed by atoms with van der Waals surface area (Å²) in [5, 5.41) is 10.8. The van der Waals surface area contributed by atoms with E-state index in [4.69, 9.17) is 14.9 Å². The van der Waals surface area contributed by atoms with Crippen LogP contribution in [0.5, 0.6) is 0 Å². The SMILES string of the molecule is Nc1nc(N(Cc2ccco2)C[C@@H]2CCCO2)ncc1[N+](=O)[O-]. The summed E-state index contributed by atoms with van der Waals surface area (Å²) in [5.41, 5.74) is 5.37. The van der Waals surface area contributed by atoms with E-state index in [1.54, 1.807) is 12.3 Å². The highest BCUT2D eigenvalue weighted by atomic mass is 16.6. The standard InChI is InChI=1S/C14H17N5O4/c15-13-12(19(20)21)7-16-14(17-13)18(8-10-3-1-5-22-10)9-11-4-2-6-23-11/h1,3,5,7,11H,2,4,6,8-9H2,(H2,15,16,17)/t11-/m0/s1. The first-order chi connectivity index (χ1) is 11.1. The Hall–Kier alpha value is -2.68. The summed E-state index contributed by atoms with van der Waals surface area (Å²) in [6.45, 7) is 1.74. The van der Waals surface area contributed by atoms with Gasteiger partial charge in [0.15, 0.2) is 0 Å². The van der Waals surface area contributed by atoms with Crippen LogP contribution >= 0.6 is 0 Å². The molecule has 3 rings (SSSR count). The summed E-state index contributed by atoms with van der Waals surface area (Å²) in [6, 6.07) is 3.64. The van der Waals surface area contributed by atoms with Crippen LogP contribution in [0.25, 0.3) is 0 Å². The molecule has 9 nitrogen and oxygen atoms in total. The maximum atomic E-state index is 10.8. The second kappa shape index (κ2) is 6.61. The van der Waals surface area contributed by atoms with Gasteiger partial charge in [0.25, 0.3) is 0 Å². The van der Waals surface area contributed by atoms with Crippen LogP contribution in [0.1, 0.15) is 18.6 Å². The van der Waals surface area contributed by atoms with Gasteiger partial charge in [0.05, 0.1) is 23.8 Å². The Kier molecular flexibility index (Phi) is 4.38. The molecule has 2 N–H and O–H groups in total. The van der Waals surface area contributed by atoms with Gasteiger partial charge < -0.3 is 19.8 Å². The maximum absolute atomic E-state index is 10.8. The van der Waals surface area contributed by atoms with Gasteiger partial charge in [-0.05, 0) is 25.0 Å². The van der Waals surface area contributed by atoms with Crippen LogP contribution in [0.15, 0.2) is 29.0 Å². The number of ether oxygens (including phenoxy) is 1. The van der Waals surface area contributed by atoms with E-state index in [1.165, 1.54) is 0 Å². The predicted octanol–water partition coefficient (Wildman–Crippen LogP) is 1.75. The van der Waals surface area contributed by atoms with Crippen molar-refractivity contribution in [3.05, 3.63) is 40.5 Å². The molecule has 1 atom stereocenters. The van der Waals surface area contributed by atoms with Crippen molar-refractivity contribution in [2.24, 2.45) is 0 Å². The molecule has 0 saturated carbocycles. The molecule has 0 bridgehead atoms. The highest BCUT2D eigenvalue weighted by Crippen LogP contribution is 2.23. The second-order valence-electron chi connectivity index (χ2n) is 5.29. The summed E-state index contributed by atoms with van der Waals surface area (Å²) >= 11 is 0. The number of furan rings is 1. The zero-order valence-corrected chi connectivity index (χ0v) is 12.4. The Balaban J connectivity index is 1.84. The molecule has 1 aliphatic heterocycles. The number of hydrogen-bond donors (Lipinski definition) is 1. The molecule has 1 saturated heterocycles. The van der Waals surface area contributed by atoms with Crippen molar-refractivity contribution in [2.75, 3.05) is 23.8 Å². The number of nitrogen functional groups attached to an aromatic ring is 1. The number of rotatable bonds is 6. The molecule has 0 aliphatic carbocycles. The number of nitrogens with two attached hydrogens (primary N) is 1. The molecule has 2 aromatic rings. The van der Waals surface area contributed by atoms with Crippen LogP contribution in [0, 0.1) is 10.1 Å². The average molecular weight is 319 g/mol. The smallest absolute Gasteiger partial charge is 0.329 e. The van der Waals surface area contributed by atoms with E-state index in [1.807, 2.05) is 11.0 Å². The summed E-state index contributed by atoms with van der Waals surface area (Å²) in [7, 11) is 0. The summed E-state index contributed by atoms with van der Waals surface area (Å²) in [4.78, 5) is 20.2. The van der Waals surface area contributed by atoms with Gasteiger partial charge in [-0.3, -0.25) is 10.1 Å². The zero-order chi connectivity index (χ0) is 16.2. The van der Waals surface area contributed by atoms with E-state index in [0.717, 1.165) is 31.4 Å². The van der Waals surface area contributed by atoms with Gasteiger partial charge >= 0.3 is 5.69 Å². The molecule has 0 unspecified atom stereocenters. The minimum Gasteiger partial charge on any atom is -0.467 e. The molecule has 1 aliphatic rings. The molecule has 0 amide bonds. The monoisotopic (exact) mass is 319 g/mol.